The number of carbonyl (C=O) groups is 3. The summed E-state index contributed by atoms with van der Waals surface area (Å²) < 4.78 is 70.8. The van der Waals surface area contributed by atoms with Crippen LogP contribution in [0.2, 0.25) is 5.02 Å². The van der Waals surface area contributed by atoms with E-state index in [0.29, 0.717) is 11.3 Å². The van der Waals surface area contributed by atoms with Crippen LogP contribution in [-0.4, -0.2) is 41.8 Å². The summed E-state index contributed by atoms with van der Waals surface area (Å²) in [5.74, 6) is -2.86. The summed E-state index contributed by atoms with van der Waals surface area (Å²) in [6, 6.07) is 12.0. The first-order valence-electron chi connectivity index (χ1n) is 12.2. The van der Waals surface area contributed by atoms with Crippen LogP contribution in [0.3, 0.4) is 0 Å². The monoisotopic (exact) mass is 675 g/mol. The molecule has 2 aromatic carbocycles. The first-order chi connectivity index (χ1) is 19.6. The number of hydrogen-bond acceptors (Lipinski definition) is 5. The Balaban J connectivity index is 1.81. The average Bonchev–Trinajstić information content (AvgIpc) is 2.92. The van der Waals surface area contributed by atoms with E-state index in [-0.39, 0.29) is 40.6 Å². The van der Waals surface area contributed by atoms with E-state index in [0.717, 1.165) is 18.3 Å². The molecule has 0 saturated carbocycles. The molecule has 14 heteroatoms. The van der Waals surface area contributed by atoms with Gasteiger partial charge in [-0.3, -0.25) is 14.4 Å². The molecule has 1 heterocycles. The molecule has 224 valence electrons. The van der Waals surface area contributed by atoms with Gasteiger partial charge in [0.25, 0.3) is 12.3 Å². The van der Waals surface area contributed by atoms with E-state index >= 15 is 0 Å². The van der Waals surface area contributed by atoms with Gasteiger partial charge in [-0.1, -0.05) is 33.6 Å². The highest BCUT2D eigenvalue weighted by atomic mass is 79.9. The molecule has 3 rings (SSSR count). The second-order valence-corrected chi connectivity index (χ2v) is 10.9. The lowest BCUT2D eigenvalue weighted by atomic mass is 9.91. The molecule has 0 fully saturated rings. The zero-order valence-corrected chi connectivity index (χ0v) is 24.5. The van der Waals surface area contributed by atoms with Crippen molar-refractivity contribution in [3.05, 3.63) is 86.5 Å². The molecule has 0 aliphatic heterocycles. The largest absolute Gasteiger partial charge is 0.471 e. The van der Waals surface area contributed by atoms with Crippen molar-refractivity contribution >= 4 is 50.8 Å². The molecule has 42 heavy (non-hydrogen) atoms. The second kappa shape index (κ2) is 13.6. The molecule has 0 atom stereocenters. The van der Waals surface area contributed by atoms with Crippen molar-refractivity contribution in [2.45, 2.75) is 39.4 Å². The Morgan fingerprint density at radius 2 is 1.64 bits per heavy atom. The first kappa shape index (κ1) is 32.9. The molecule has 7 nitrogen and oxygen atoms in total. The van der Waals surface area contributed by atoms with Gasteiger partial charge in [0.2, 0.25) is 11.8 Å². The molecule has 0 spiro atoms. The molecule has 2 amide bonds. The number of carbonyl (C=O) groups excluding carboxylic acids is 3. The van der Waals surface area contributed by atoms with E-state index in [2.05, 4.69) is 31.5 Å². The summed E-state index contributed by atoms with van der Waals surface area (Å²) in [5, 5.41) is 4.86. The van der Waals surface area contributed by atoms with E-state index in [4.69, 9.17) is 16.3 Å². The van der Waals surface area contributed by atoms with Crippen molar-refractivity contribution in [3.63, 3.8) is 0 Å². The average molecular weight is 677 g/mol. The van der Waals surface area contributed by atoms with Crippen molar-refractivity contribution in [2.75, 3.05) is 11.9 Å². The van der Waals surface area contributed by atoms with E-state index in [9.17, 15) is 36.3 Å². The molecular weight excluding hydrogens is 653 g/mol. The number of ether oxygens (including phenoxy) is 1. The van der Waals surface area contributed by atoms with Crippen molar-refractivity contribution < 1.29 is 41.1 Å². The van der Waals surface area contributed by atoms with Gasteiger partial charge in [-0.2, -0.15) is 13.2 Å². The summed E-state index contributed by atoms with van der Waals surface area (Å²) in [6.45, 7) is 0.200. The summed E-state index contributed by atoms with van der Waals surface area (Å²) in [4.78, 5) is 42.2. The maximum atomic E-state index is 13.1. The van der Waals surface area contributed by atoms with Crippen LogP contribution in [0.4, 0.5) is 27.6 Å². The third-order valence-corrected chi connectivity index (χ3v) is 6.88. The lowest BCUT2D eigenvalue weighted by Gasteiger charge is -2.26. The smallest absolute Gasteiger partial charge is 0.402 e. The van der Waals surface area contributed by atoms with Gasteiger partial charge in [0.15, 0.2) is 12.4 Å². The normalized spacial score (nSPS) is 11.8. The van der Waals surface area contributed by atoms with Crippen molar-refractivity contribution in [3.8, 4) is 5.88 Å². The van der Waals surface area contributed by atoms with Gasteiger partial charge in [0.1, 0.15) is 11.0 Å². The molecule has 3 aromatic rings. The number of nitrogens with zero attached hydrogens (tertiary/aromatic N) is 1. The number of amides is 2. The molecular formula is C28H24BrClF5N3O4. The van der Waals surface area contributed by atoms with Crippen LogP contribution in [0, 0.1) is 5.41 Å². The van der Waals surface area contributed by atoms with Crippen molar-refractivity contribution in [2.24, 2.45) is 5.41 Å². The Morgan fingerprint density at radius 1 is 1.00 bits per heavy atom. The summed E-state index contributed by atoms with van der Waals surface area (Å²) in [6.07, 6.45) is -6.72. The standard InChI is InChI=1S/C28H24BrClF5N3O4/c1-27(2,28(33,34)35)26(41)37-12-15-3-8-21(30)19(9-15)22(39)11-16-10-20(25(36-13-16)42-14-23(31)32)24(40)38-18-6-4-17(29)5-7-18/h3-10,13,23H,11-12,14H2,1-2H3,(H,37,41)(H,38,40). The molecule has 2 N–H and O–H groups in total. The summed E-state index contributed by atoms with van der Waals surface area (Å²) >= 11 is 9.48. The number of aromatic nitrogens is 1. The van der Waals surface area contributed by atoms with Crippen LogP contribution in [-0.2, 0) is 17.8 Å². The van der Waals surface area contributed by atoms with Gasteiger partial charge in [0.05, 0.1) is 5.02 Å². The fourth-order valence-electron chi connectivity index (χ4n) is 3.45. The van der Waals surface area contributed by atoms with Gasteiger partial charge in [-0.15, -0.1) is 0 Å². The maximum absolute atomic E-state index is 13.1. The van der Waals surface area contributed by atoms with Crippen LogP contribution in [0.1, 0.15) is 45.7 Å². The number of anilines is 1. The van der Waals surface area contributed by atoms with Crippen molar-refractivity contribution in [1.82, 2.24) is 10.3 Å². The van der Waals surface area contributed by atoms with Gasteiger partial charge in [0, 0.05) is 34.9 Å². The topological polar surface area (TPSA) is 97.4 Å². The highest BCUT2D eigenvalue weighted by Gasteiger charge is 2.52. The summed E-state index contributed by atoms with van der Waals surface area (Å²) in [7, 11) is 0. The Hall–Kier alpha value is -3.58. The third kappa shape index (κ3) is 8.48. The number of benzene rings is 2. The van der Waals surface area contributed by atoms with Gasteiger partial charge < -0.3 is 15.4 Å². The molecule has 0 unspecified atom stereocenters. The molecule has 0 bridgehead atoms. The number of Topliss-reactive ketones (excluding diaryl/α,β-unsaturated/α-hetero) is 1. The maximum Gasteiger partial charge on any atom is 0.402 e. The van der Waals surface area contributed by atoms with Gasteiger partial charge in [-0.05, 0) is 67.4 Å². The predicted octanol–water partition coefficient (Wildman–Crippen LogP) is 7.02. The zero-order chi connectivity index (χ0) is 31.2. The zero-order valence-electron chi connectivity index (χ0n) is 22.1. The minimum Gasteiger partial charge on any atom is -0.471 e. The van der Waals surface area contributed by atoms with E-state index in [1.807, 2.05) is 0 Å². The fourth-order valence-corrected chi connectivity index (χ4v) is 3.94. The summed E-state index contributed by atoms with van der Waals surface area (Å²) in [5.41, 5.74) is -1.86. The predicted molar refractivity (Wildman–Crippen MR) is 149 cm³/mol. The first-order valence-corrected chi connectivity index (χ1v) is 13.4. The van der Waals surface area contributed by atoms with E-state index in [1.54, 1.807) is 24.3 Å². The SMILES string of the molecule is CC(C)(C(=O)NCc1ccc(Cl)c(C(=O)Cc2cnc(OCC(F)F)c(C(=O)Nc3ccc(Br)cc3)c2)c1)C(F)(F)F. The lowest BCUT2D eigenvalue weighted by molar-refractivity contribution is -0.211. The minimum atomic E-state index is -4.76. The Kier molecular flexibility index (Phi) is 10.7. The number of halogens is 7. The van der Waals surface area contributed by atoms with Crippen LogP contribution < -0.4 is 15.4 Å². The van der Waals surface area contributed by atoms with E-state index in [1.165, 1.54) is 30.5 Å². The van der Waals surface area contributed by atoms with Gasteiger partial charge >= 0.3 is 6.18 Å². The Labute approximate surface area is 250 Å². The van der Waals surface area contributed by atoms with E-state index < -0.39 is 42.2 Å². The molecule has 0 radical (unpaired) electrons. The number of rotatable bonds is 11. The highest BCUT2D eigenvalue weighted by Crippen LogP contribution is 2.37. The van der Waals surface area contributed by atoms with Crippen LogP contribution in [0.5, 0.6) is 5.88 Å². The van der Waals surface area contributed by atoms with Crippen LogP contribution in [0.25, 0.3) is 0 Å². The van der Waals surface area contributed by atoms with Gasteiger partial charge in [-0.25, -0.2) is 13.8 Å². The van der Waals surface area contributed by atoms with Crippen molar-refractivity contribution in [1.29, 1.82) is 0 Å². The third-order valence-electron chi connectivity index (χ3n) is 6.03. The van der Waals surface area contributed by atoms with Crippen LogP contribution >= 0.6 is 27.5 Å². The highest BCUT2D eigenvalue weighted by molar-refractivity contribution is 9.10. The molecule has 1 aromatic heterocycles. The molecule has 0 aliphatic rings. The Morgan fingerprint density at radius 3 is 2.26 bits per heavy atom. The fraction of sp³-hybridized carbons (Fsp3) is 0.286. The second-order valence-electron chi connectivity index (χ2n) is 9.58. The lowest BCUT2D eigenvalue weighted by Crippen LogP contribution is -2.46. The molecule has 0 saturated heterocycles. The number of hydrogen-bond donors (Lipinski definition) is 2. The number of alkyl halides is 5. The number of pyridine rings is 1. The molecule has 0 aliphatic carbocycles. The quantitative estimate of drug-likeness (QED) is 0.168. The Bertz CT molecular complexity index is 1470. The minimum absolute atomic E-state index is 0.0115. The number of nitrogens with one attached hydrogen (secondary N) is 2. The van der Waals surface area contributed by atoms with Crippen LogP contribution in [0.15, 0.2) is 59.2 Å². The number of ketones is 1.